The molecule has 0 N–H and O–H groups in total. The van der Waals surface area contributed by atoms with E-state index in [0.29, 0.717) is 29.0 Å². The van der Waals surface area contributed by atoms with Crippen LogP contribution in [0.4, 0.5) is 0 Å². The fourth-order valence-corrected chi connectivity index (χ4v) is 4.49. The normalized spacial score (nSPS) is 15.9. The van der Waals surface area contributed by atoms with Crippen LogP contribution in [-0.4, -0.2) is 53.5 Å². The van der Waals surface area contributed by atoms with Gasteiger partial charge in [0.05, 0.1) is 16.6 Å². The van der Waals surface area contributed by atoms with E-state index >= 15 is 0 Å². The summed E-state index contributed by atoms with van der Waals surface area (Å²) in [6.07, 6.45) is 5.57. The van der Waals surface area contributed by atoms with Gasteiger partial charge in [-0.25, -0.2) is 4.98 Å². The SMILES string of the molecule is COC1(COc2ccc(Cl)c(Cl)c2)CCN(Cc2cccc(OCCn3ccnc3C)c2)CC1. The second kappa shape index (κ2) is 11.5. The van der Waals surface area contributed by atoms with Crippen molar-refractivity contribution in [3.05, 3.63) is 76.3 Å². The van der Waals surface area contributed by atoms with Gasteiger partial charge < -0.3 is 18.8 Å². The fraction of sp³-hybridized carbons (Fsp3) is 0.423. The summed E-state index contributed by atoms with van der Waals surface area (Å²) in [5, 5.41) is 1.01. The first-order chi connectivity index (χ1) is 16.5. The maximum Gasteiger partial charge on any atom is 0.121 e. The molecule has 0 unspecified atom stereocenters. The summed E-state index contributed by atoms with van der Waals surface area (Å²) in [6.45, 7) is 6.62. The number of methoxy groups -OCH3 is 1. The number of nitrogens with zero attached hydrogens (tertiary/aromatic N) is 3. The van der Waals surface area contributed by atoms with Crippen LogP contribution in [0, 0.1) is 6.92 Å². The minimum absolute atomic E-state index is 0.307. The molecule has 182 valence electrons. The van der Waals surface area contributed by atoms with Gasteiger partial charge in [-0.05, 0) is 49.6 Å². The van der Waals surface area contributed by atoms with Crippen LogP contribution in [0.1, 0.15) is 24.2 Å². The number of aromatic nitrogens is 2. The average Bonchev–Trinajstić information content (AvgIpc) is 3.26. The molecule has 0 radical (unpaired) electrons. The third kappa shape index (κ3) is 6.45. The van der Waals surface area contributed by atoms with Crippen molar-refractivity contribution < 1.29 is 14.2 Å². The van der Waals surface area contributed by atoms with Crippen LogP contribution in [0.15, 0.2) is 54.9 Å². The Kier molecular flexibility index (Phi) is 8.37. The van der Waals surface area contributed by atoms with E-state index in [0.717, 1.165) is 50.6 Å². The monoisotopic (exact) mass is 503 g/mol. The maximum atomic E-state index is 6.11. The zero-order chi connectivity index (χ0) is 24.0. The Morgan fingerprint density at radius 2 is 1.79 bits per heavy atom. The van der Waals surface area contributed by atoms with Gasteiger partial charge in [-0.15, -0.1) is 0 Å². The Hall–Kier alpha value is -2.25. The lowest BCUT2D eigenvalue weighted by molar-refractivity contribution is -0.0839. The first-order valence-electron chi connectivity index (χ1n) is 11.5. The Labute approximate surface area is 211 Å². The van der Waals surface area contributed by atoms with Gasteiger partial charge in [-0.2, -0.15) is 0 Å². The van der Waals surface area contributed by atoms with Gasteiger partial charge in [0.25, 0.3) is 0 Å². The topological polar surface area (TPSA) is 48.8 Å². The third-order valence-corrected chi connectivity index (χ3v) is 7.16. The molecule has 1 aliphatic heterocycles. The quantitative estimate of drug-likeness (QED) is 0.358. The van der Waals surface area contributed by atoms with Crippen molar-refractivity contribution in [3.8, 4) is 11.5 Å². The van der Waals surface area contributed by atoms with Gasteiger partial charge in [0.2, 0.25) is 0 Å². The molecule has 1 aliphatic rings. The standard InChI is InChI=1S/C26H31Cl2N3O3/c1-20-29-10-13-31(20)14-15-33-22-5-3-4-21(16-22)18-30-11-8-26(32-2,9-12-30)19-34-23-6-7-24(27)25(28)17-23/h3-7,10,13,16-17H,8-9,11-12,14-15,18-19H2,1-2H3. The number of aryl methyl sites for hydroxylation is 1. The summed E-state index contributed by atoms with van der Waals surface area (Å²) < 4.78 is 20.0. The van der Waals surface area contributed by atoms with Crippen molar-refractivity contribution in [2.45, 2.75) is 38.5 Å². The summed E-state index contributed by atoms with van der Waals surface area (Å²) in [5.74, 6) is 2.60. The number of imidazole rings is 1. The Morgan fingerprint density at radius 3 is 2.50 bits per heavy atom. The van der Waals surface area contributed by atoms with Crippen molar-refractivity contribution in [2.75, 3.05) is 33.4 Å². The number of hydrogen-bond acceptors (Lipinski definition) is 5. The van der Waals surface area contributed by atoms with Gasteiger partial charge in [0.15, 0.2) is 0 Å². The molecular weight excluding hydrogens is 473 g/mol. The van der Waals surface area contributed by atoms with Crippen LogP contribution in [-0.2, 0) is 17.8 Å². The molecule has 34 heavy (non-hydrogen) atoms. The molecule has 6 nitrogen and oxygen atoms in total. The first kappa shape index (κ1) is 24.9. The number of likely N-dealkylation sites (tertiary alicyclic amines) is 1. The largest absolute Gasteiger partial charge is 0.492 e. The second-order valence-corrected chi connectivity index (χ2v) is 9.51. The predicted octanol–water partition coefficient (Wildman–Crippen LogP) is 5.64. The minimum Gasteiger partial charge on any atom is -0.492 e. The van der Waals surface area contributed by atoms with Crippen molar-refractivity contribution in [2.24, 2.45) is 0 Å². The van der Waals surface area contributed by atoms with E-state index in [1.54, 1.807) is 19.2 Å². The van der Waals surface area contributed by atoms with Crippen LogP contribution in [0.5, 0.6) is 11.5 Å². The smallest absolute Gasteiger partial charge is 0.121 e. The van der Waals surface area contributed by atoms with E-state index < -0.39 is 0 Å². The van der Waals surface area contributed by atoms with Crippen LogP contribution in [0.2, 0.25) is 10.0 Å². The van der Waals surface area contributed by atoms with Gasteiger partial charge in [0, 0.05) is 45.2 Å². The highest BCUT2D eigenvalue weighted by Crippen LogP contribution is 2.30. The molecule has 0 saturated carbocycles. The number of halogens is 2. The average molecular weight is 504 g/mol. The summed E-state index contributed by atoms with van der Waals surface area (Å²) >= 11 is 12.1. The second-order valence-electron chi connectivity index (χ2n) is 8.69. The highest BCUT2D eigenvalue weighted by atomic mass is 35.5. The molecule has 3 aromatic rings. The number of hydrogen-bond donors (Lipinski definition) is 0. The summed E-state index contributed by atoms with van der Waals surface area (Å²) in [5.41, 5.74) is 0.937. The zero-order valence-electron chi connectivity index (χ0n) is 19.7. The summed E-state index contributed by atoms with van der Waals surface area (Å²) in [4.78, 5) is 6.70. The lowest BCUT2D eigenvalue weighted by Gasteiger charge is -2.40. The molecule has 0 bridgehead atoms. The van der Waals surface area contributed by atoms with E-state index in [4.69, 9.17) is 37.4 Å². The molecule has 0 amide bonds. The number of ether oxygens (including phenoxy) is 3. The van der Waals surface area contributed by atoms with E-state index in [-0.39, 0.29) is 5.60 Å². The van der Waals surface area contributed by atoms with E-state index in [1.807, 2.05) is 31.5 Å². The van der Waals surface area contributed by atoms with Crippen LogP contribution < -0.4 is 9.47 Å². The van der Waals surface area contributed by atoms with Crippen molar-refractivity contribution in [1.29, 1.82) is 0 Å². The molecule has 0 aliphatic carbocycles. The minimum atomic E-state index is -0.307. The molecule has 0 atom stereocenters. The van der Waals surface area contributed by atoms with Gasteiger partial charge in [-0.1, -0.05) is 35.3 Å². The van der Waals surface area contributed by atoms with Gasteiger partial charge >= 0.3 is 0 Å². The first-order valence-corrected chi connectivity index (χ1v) is 12.3. The Balaban J connectivity index is 1.26. The molecular formula is C26H31Cl2N3O3. The fourth-order valence-electron chi connectivity index (χ4n) is 4.20. The zero-order valence-corrected chi connectivity index (χ0v) is 21.2. The van der Waals surface area contributed by atoms with E-state index in [1.165, 1.54) is 5.56 Å². The molecule has 1 saturated heterocycles. The number of rotatable bonds is 10. The van der Waals surface area contributed by atoms with Crippen molar-refractivity contribution in [1.82, 2.24) is 14.5 Å². The lowest BCUT2D eigenvalue weighted by atomic mass is 9.91. The molecule has 8 heteroatoms. The molecule has 2 heterocycles. The van der Waals surface area contributed by atoms with Gasteiger partial charge in [-0.3, -0.25) is 4.90 Å². The summed E-state index contributed by atoms with van der Waals surface area (Å²) in [7, 11) is 1.76. The van der Waals surface area contributed by atoms with Crippen molar-refractivity contribution >= 4 is 23.2 Å². The highest BCUT2D eigenvalue weighted by Gasteiger charge is 2.35. The summed E-state index contributed by atoms with van der Waals surface area (Å²) in [6, 6.07) is 13.7. The highest BCUT2D eigenvalue weighted by molar-refractivity contribution is 6.42. The molecule has 4 rings (SSSR count). The lowest BCUT2D eigenvalue weighted by Crippen LogP contribution is -2.48. The predicted molar refractivity (Wildman–Crippen MR) is 135 cm³/mol. The molecule has 0 spiro atoms. The molecule has 2 aromatic carbocycles. The van der Waals surface area contributed by atoms with E-state index in [9.17, 15) is 0 Å². The van der Waals surface area contributed by atoms with Gasteiger partial charge in [0.1, 0.15) is 36.1 Å². The third-order valence-electron chi connectivity index (χ3n) is 6.42. The van der Waals surface area contributed by atoms with Crippen LogP contribution in [0.3, 0.4) is 0 Å². The number of piperidine rings is 1. The van der Waals surface area contributed by atoms with Crippen molar-refractivity contribution in [3.63, 3.8) is 0 Å². The molecule has 1 aromatic heterocycles. The van der Waals surface area contributed by atoms with Crippen LogP contribution in [0.25, 0.3) is 0 Å². The Bertz CT molecular complexity index is 1080. The Morgan fingerprint density at radius 1 is 1.00 bits per heavy atom. The maximum absolute atomic E-state index is 6.11. The van der Waals surface area contributed by atoms with E-state index in [2.05, 4.69) is 32.7 Å². The number of benzene rings is 2. The molecule has 1 fully saturated rings. The van der Waals surface area contributed by atoms with Crippen LogP contribution >= 0.6 is 23.2 Å².